The maximum absolute atomic E-state index is 13.9. The fourth-order valence-corrected chi connectivity index (χ4v) is 1.69. The summed E-state index contributed by atoms with van der Waals surface area (Å²) in [4.78, 5) is 0. The fourth-order valence-electron chi connectivity index (χ4n) is 1.69. The Morgan fingerprint density at radius 1 is 1.24 bits per heavy atom. The molecule has 17 heavy (non-hydrogen) atoms. The van der Waals surface area contributed by atoms with Crippen LogP contribution in [0.1, 0.15) is 38.8 Å². The van der Waals surface area contributed by atoms with Crippen LogP contribution < -0.4 is 4.74 Å². The Morgan fingerprint density at radius 2 is 1.82 bits per heavy atom. The maximum atomic E-state index is 13.9. The minimum absolute atomic E-state index is 0.0144. The first-order valence-electron chi connectivity index (χ1n) is 5.71. The van der Waals surface area contributed by atoms with E-state index in [9.17, 15) is 9.50 Å². The number of benzene rings is 1. The summed E-state index contributed by atoms with van der Waals surface area (Å²) in [6, 6.07) is 5.24. The van der Waals surface area contributed by atoms with Crippen molar-refractivity contribution in [3.63, 3.8) is 0 Å². The fraction of sp³-hybridized carbons (Fsp3) is 0.571. The molecule has 0 spiro atoms. The second-order valence-corrected chi connectivity index (χ2v) is 5.43. The third-order valence-electron chi connectivity index (χ3n) is 3.01. The average Bonchev–Trinajstić information content (AvgIpc) is 2.27. The molecule has 0 saturated heterocycles. The van der Waals surface area contributed by atoms with E-state index in [2.05, 4.69) is 0 Å². The van der Waals surface area contributed by atoms with Gasteiger partial charge in [-0.1, -0.05) is 19.9 Å². The summed E-state index contributed by atoms with van der Waals surface area (Å²) >= 11 is 0. The van der Waals surface area contributed by atoms with Crippen molar-refractivity contribution in [2.24, 2.45) is 0 Å². The van der Waals surface area contributed by atoms with Gasteiger partial charge in [-0.15, -0.1) is 0 Å². The van der Waals surface area contributed by atoms with E-state index in [-0.39, 0.29) is 6.61 Å². The number of halogens is 1. The molecular weight excluding hydrogens is 219 g/mol. The van der Waals surface area contributed by atoms with E-state index in [0.29, 0.717) is 11.3 Å². The predicted octanol–water partition coefficient (Wildman–Crippen LogP) is 3.17. The van der Waals surface area contributed by atoms with E-state index in [1.165, 1.54) is 13.8 Å². The number of aliphatic hydroxyl groups is 1. The van der Waals surface area contributed by atoms with Gasteiger partial charge in [-0.2, -0.15) is 0 Å². The molecule has 0 radical (unpaired) electrons. The second-order valence-electron chi connectivity index (χ2n) is 5.43. The molecule has 96 valence electrons. The molecule has 0 amide bonds. The molecule has 3 heteroatoms. The van der Waals surface area contributed by atoms with Gasteiger partial charge in [0.1, 0.15) is 11.4 Å². The van der Waals surface area contributed by atoms with Crippen molar-refractivity contribution in [1.82, 2.24) is 0 Å². The van der Waals surface area contributed by atoms with Gasteiger partial charge >= 0.3 is 0 Å². The number of aliphatic hydroxyl groups excluding tert-OH is 1. The van der Waals surface area contributed by atoms with Gasteiger partial charge in [0.2, 0.25) is 0 Å². The molecule has 0 aliphatic heterocycles. The van der Waals surface area contributed by atoms with Gasteiger partial charge in [-0.3, -0.25) is 0 Å². The first kappa shape index (κ1) is 14.0. The Labute approximate surface area is 102 Å². The average molecular weight is 240 g/mol. The van der Waals surface area contributed by atoms with Gasteiger partial charge in [0.25, 0.3) is 0 Å². The monoisotopic (exact) mass is 240 g/mol. The van der Waals surface area contributed by atoms with Gasteiger partial charge < -0.3 is 9.84 Å². The van der Waals surface area contributed by atoms with E-state index in [0.717, 1.165) is 5.56 Å². The van der Waals surface area contributed by atoms with Crippen LogP contribution >= 0.6 is 0 Å². The van der Waals surface area contributed by atoms with Gasteiger partial charge in [-0.25, -0.2) is 4.39 Å². The minimum Gasteiger partial charge on any atom is -0.496 e. The highest BCUT2D eigenvalue weighted by atomic mass is 19.1. The van der Waals surface area contributed by atoms with Gasteiger partial charge in [0.15, 0.2) is 0 Å². The highest BCUT2D eigenvalue weighted by molar-refractivity contribution is 5.43. The lowest BCUT2D eigenvalue weighted by atomic mass is 9.82. The predicted molar refractivity (Wildman–Crippen MR) is 67.2 cm³/mol. The van der Waals surface area contributed by atoms with Crippen LogP contribution in [-0.2, 0) is 11.1 Å². The van der Waals surface area contributed by atoms with Crippen LogP contribution in [0.25, 0.3) is 0 Å². The van der Waals surface area contributed by atoms with Gasteiger partial charge in [0, 0.05) is 11.0 Å². The van der Waals surface area contributed by atoms with Crippen molar-refractivity contribution in [3.05, 3.63) is 29.3 Å². The van der Waals surface area contributed by atoms with E-state index in [1.807, 2.05) is 13.8 Å². The number of ether oxygens (including phenoxy) is 1. The molecule has 0 atom stereocenters. The molecule has 0 heterocycles. The molecule has 0 unspecified atom stereocenters. The molecular formula is C14H21FO2. The highest BCUT2D eigenvalue weighted by Gasteiger charge is 2.27. The minimum atomic E-state index is -1.40. The lowest BCUT2D eigenvalue weighted by Gasteiger charge is -2.27. The zero-order valence-electron chi connectivity index (χ0n) is 11.2. The smallest absolute Gasteiger partial charge is 0.130 e. The summed E-state index contributed by atoms with van der Waals surface area (Å²) in [5.41, 5.74) is -0.431. The Balaban J connectivity index is 3.35. The van der Waals surface area contributed by atoms with Crippen molar-refractivity contribution in [2.45, 2.75) is 38.8 Å². The standard InChI is InChI=1S/C14H21FO2/c1-13(2,9-16)11-8-10(14(3,4)15)6-7-12(11)17-5/h6-8,16H,9H2,1-5H3. The van der Waals surface area contributed by atoms with Crippen LogP contribution in [0.5, 0.6) is 5.75 Å². The van der Waals surface area contributed by atoms with Crippen LogP contribution in [0.3, 0.4) is 0 Å². The molecule has 1 rings (SSSR count). The summed E-state index contributed by atoms with van der Waals surface area (Å²) in [5, 5.41) is 9.41. The van der Waals surface area contributed by atoms with Crippen molar-refractivity contribution in [2.75, 3.05) is 13.7 Å². The zero-order chi connectivity index (χ0) is 13.3. The van der Waals surface area contributed by atoms with E-state index in [1.54, 1.807) is 25.3 Å². The van der Waals surface area contributed by atoms with Crippen LogP contribution in [0.4, 0.5) is 4.39 Å². The Kier molecular flexibility index (Phi) is 3.82. The van der Waals surface area contributed by atoms with E-state index < -0.39 is 11.1 Å². The Hall–Kier alpha value is -1.09. The largest absolute Gasteiger partial charge is 0.496 e. The Bertz CT molecular complexity index is 392. The zero-order valence-corrected chi connectivity index (χ0v) is 11.2. The molecule has 1 aromatic rings. The van der Waals surface area contributed by atoms with Crippen molar-refractivity contribution < 1.29 is 14.2 Å². The number of hydrogen-bond donors (Lipinski definition) is 1. The lowest BCUT2D eigenvalue weighted by molar-refractivity contribution is 0.209. The second kappa shape index (κ2) is 4.65. The van der Waals surface area contributed by atoms with E-state index >= 15 is 0 Å². The number of alkyl halides is 1. The maximum Gasteiger partial charge on any atom is 0.130 e. The first-order valence-corrected chi connectivity index (χ1v) is 5.71. The van der Waals surface area contributed by atoms with Crippen molar-refractivity contribution >= 4 is 0 Å². The van der Waals surface area contributed by atoms with Crippen LogP contribution in [-0.4, -0.2) is 18.8 Å². The summed E-state index contributed by atoms with van der Waals surface area (Å²) in [6.07, 6.45) is 0. The third-order valence-corrected chi connectivity index (χ3v) is 3.01. The van der Waals surface area contributed by atoms with Gasteiger partial charge in [-0.05, 0) is 31.5 Å². The summed E-state index contributed by atoms with van der Waals surface area (Å²) in [5.74, 6) is 0.678. The van der Waals surface area contributed by atoms with Crippen LogP contribution in [0.15, 0.2) is 18.2 Å². The van der Waals surface area contributed by atoms with Gasteiger partial charge in [0.05, 0.1) is 13.7 Å². The molecule has 1 aromatic carbocycles. The summed E-state index contributed by atoms with van der Waals surface area (Å²) in [7, 11) is 1.58. The number of methoxy groups -OCH3 is 1. The number of rotatable bonds is 4. The molecule has 0 aromatic heterocycles. The molecule has 0 saturated carbocycles. The van der Waals surface area contributed by atoms with Crippen molar-refractivity contribution in [3.8, 4) is 5.75 Å². The topological polar surface area (TPSA) is 29.5 Å². The molecule has 0 aliphatic rings. The SMILES string of the molecule is COc1ccc(C(C)(C)F)cc1C(C)(C)CO. The molecule has 1 N–H and O–H groups in total. The third kappa shape index (κ3) is 2.97. The van der Waals surface area contributed by atoms with Crippen LogP contribution in [0, 0.1) is 0 Å². The molecule has 0 bridgehead atoms. The normalized spacial score (nSPS) is 12.6. The lowest BCUT2D eigenvalue weighted by Crippen LogP contribution is -2.24. The van der Waals surface area contributed by atoms with Crippen LogP contribution in [0.2, 0.25) is 0 Å². The summed E-state index contributed by atoms with van der Waals surface area (Å²) in [6.45, 7) is 6.83. The molecule has 2 nitrogen and oxygen atoms in total. The first-order chi connectivity index (χ1) is 7.72. The molecule has 0 aliphatic carbocycles. The quantitative estimate of drug-likeness (QED) is 0.876. The van der Waals surface area contributed by atoms with Crippen molar-refractivity contribution in [1.29, 1.82) is 0 Å². The molecule has 0 fully saturated rings. The van der Waals surface area contributed by atoms with E-state index in [4.69, 9.17) is 4.74 Å². The summed E-state index contributed by atoms with van der Waals surface area (Å²) < 4.78 is 19.2. The number of hydrogen-bond acceptors (Lipinski definition) is 2. The Morgan fingerprint density at radius 3 is 2.24 bits per heavy atom. The highest BCUT2D eigenvalue weighted by Crippen LogP contribution is 2.35.